The number of nitrogens with zero attached hydrogens (tertiary/aromatic N) is 1. The van der Waals surface area contributed by atoms with Gasteiger partial charge in [0.05, 0.1) is 5.38 Å². The van der Waals surface area contributed by atoms with E-state index in [0.29, 0.717) is 0 Å². The van der Waals surface area contributed by atoms with E-state index in [1.165, 1.54) is 17.0 Å². The Balaban J connectivity index is 2.21. The van der Waals surface area contributed by atoms with Crippen LogP contribution in [0.25, 0.3) is 0 Å². The summed E-state index contributed by atoms with van der Waals surface area (Å²) in [5.41, 5.74) is 4.08. The minimum absolute atomic E-state index is 0.166. The first-order valence-electron chi connectivity index (χ1n) is 5.88. The molecule has 0 aromatic carbocycles. The van der Waals surface area contributed by atoms with E-state index < -0.39 is 0 Å². The van der Waals surface area contributed by atoms with Gasteiger partial charge in [-0.1, -0.05) is 31.2 Å². The summed E-state index contributed by atoms with van der Waals surface area (Å²) < 4.78 is 0. The van der Waals surface area contributed by atoms with E-state index >= 15 is 0 Å². The number of alkyl halides is 1. The molecule has 0 aromatic rings. The molecule has 0 spiro atoms. The number of halogens is 1. The Bertz CT molecular complexity index is 388. The minimum atomic E-state index is 0.166. The molecule has 0 amide bonds. The van der Waals surface area contributed by atoms with Crippen LogP contribution in [-0.4, -0.2) is 16.8 Å². The Labute approximate surface area is 103 Å². The number of hydrogen-bond donors (Lipinski definition) is 0. The zero-order valence-electron chi connectivity index (χ0n) is 9.91. The van der Waals surface area contributed by atoms with Crippen molar-refractivity contribution in [3.05, 3.63) is 47.3 Å². The maximum atomic E-state index is 6.04. The predicted octanol–water partition coefficient (Wildman–Crippen LogP) is 3.99. The van der Waals surface area contributed by atoms with Crippen molar-refractivity contribution in [2.24, 2.45) is 0 Å². The van der Waals surface area contributed by atoms with Gasteiger partial charge in [0.25, 0.3) is 0 Å². The van der Waals surface area contributed by atoms with Crippen LogP contribution >= 0.6 is 11.6 Å². The molecule has 1 aliphatic carbocycles. The number of allylic oxidation sites excluding steroid dienone is 6. The topological polar surface area (TPSA) is 3.24 Å². The molecule has 16 heavy (non-hydrogen) atoms. The fourth-order valence-corrected chi connectivity index (χ4v) is 2.35. The van der Waals surface area contributed by atoms with Crippen molar-refractivity contribution in [2.45, 2.75) is 32.1 Å². The SMILES string of the molecule is CCC1=C(C)N(C2=CCC(Cl)C=C2)CC=C1. The molecule has 1 unspecified atom stereocenters. The third-order valence-corrected chi connectivity index (χ3v) is 3.52. The predicted molar refractivity (Wildman–Crippen MR) is 70.3 cm³/mol. The monoisotopic (exact) mass is 235 g/mol. The van der Waals surface area contributed by atoms with E-state index in [-0.39, 0.29) is 5.38 Å². The molecular weight excluding hydrogens is 218 g/mol. The van der Waals surface area contributed by atoms with Crippen molar-refractivity contribution in [3.8, 4) is 0 Å². The highest BCUT2D eigenvalue weighted by atomic mass is 35.5. The third kappa shape index (κ3) is 2.25. The largest absolute Gasteiger partial charge is 0.342 e. The lowest BCUT2D eigenvalue weighted by Crippen LogP contribution is -2.25. The Morgan fingerprint density at radius 3 is 2.88 bits per heavy atom. The normalized spacial score (nSPS) is 25.1. The molecule has 0 saturated carbocycles. The quantitative estimate of drug-likeness (QED) is 0.654. The summed E-state index contributed by atoms with van der Waals surface area (Å²) in [5, 5.41) is 0.166. The first kappa shape index (κ1) is 11.5. The van der Waals surface area contributed by atoms with Crippen LogP contribution < -0.4 is 0 Å². The van der Waals surface area contributed by atoms with Crippen LogP contribution in [0, 0.1) is 0 Å². The highest BCUT2D eigenvalue weighted by molar-refractivity contribution is 6.22. The summed E-state index contributed by atoms with van der Waals surface area (Å²) >= 11 is 6.04. The fraction of sp³-hybridized carbons (Fsp3) is 0.429. The standard InChI is InChI=1S/C14H18ClN/c1-3-12-5-4-10-16(11(12)2)14-8-6-13(15)7-9-14/h4-6,8-9,13H,3,7,10H2,1-2H3. The molecule has 2 heteroatoms. The molecule has 0 N–H and O–H groups in total. The van der Waals surface area contributed by atoms with Gasteiger partial charge in [0, 0.05) is 17.9 Å². The van der Waals surface area contributed by atoms with Crippen molar-refractivity contribution < 1.29 is 0 Å². The van der Waals surface area contributed by atoms with Crippen LogP contribution in [0.2, 0.25) is 0 Å². The van der Waals surface area contributed by atoms with Crippen molar-refractivity contribution in [1.29, 1.82) is 0 Å². The Morgan fingerprint density at radius 1 is 1.44 bits per heavy atom. The molecule has 2 aliphatic rings. The molecule has 0 bridgehead atoms. The van der Waals surface area contributed by atoms with Crippen LogP contribution in [0.5, 0.6) is 0 Å². The first-order valence-corrected chi connectivity index (χ1v) is 6.32. The average molecular weight is 236 g/mol. The smallest absolute Gasteiger partial charge is 0.0555 e. The maximum Gasteiger partial charge on any atom is 0.0555 e. The maximum absolute atomic E-state index is 6.04. The van der Waals surface area contributed by atoms with E-state index in [9.17, 15) is 0 Å². The van der Waals surface area contributed by atoms with Gasteiger partial charge in [-0.15, -0.1) is 11.6 Å². The fourth-order valence-electron chi connectivity index (χ4n) is 2.19. The molecule has 0 aromatic heterocycles. The van der Waals surface area contributed by atoms with Crippen LogP contribution in [0.4, 0.5) is 0 Å². The van der Waals surface area contributed by atoms with E-state index in [1.807, 2.05) is 0 Å². The molecule has 2 rings (SSSR count). The zero-order valence-corrected chi connectivity index (χ0v) is 10.7. The van der Waals surface area contributed by atoms with Crippen LogP contribution in [0.1, 0.15) is 26.7 Å². The first-order chi connectivity index (χ1) is 7.72. The molecule has 86 valence electrons. The van der Waals surface area contributed by atoms with E-state index in [4.69, 9.17) is 11.6 Å². The summed E-state index contributed by atoms with van der Waals surface area (Å²) in [6.45, 7) is 5.37. The molecule has 0 saturated heterocycles. The molecule has 1 nitrogen and oxygen atoms in total. The lowest BCUT2D eigenvalue weighted by Gasteiger charge is -2.31. The van der Waals surface area contributed by atoms with Gasteiger partial charge < -0.3 is 4.90 Å². The zero-order chi connectivity index (χ0) is 11.5. The number of rotatable bonds is 2. The van der Waals surface area contributed by atoms with Gasteiger partial charge in [-0.3, -0.25) is 0 Å². The molecule has 1 heterocycles. The summed E-state index contributed by atoms with van der Waals surface area (Å²) in [6, 6.07) is 0. The minimum Gasteiger partial charge on any atom is -0.342 e. The second-order valence-electron chi connectivity index (χ2n) is 4.22. The van der Waals surface area contributed by atoms with Gasteiger partial charge in [0.2, 0.25) is 0 Å². The van der Waals surface area contributed by atoms with Gasteiger partial charge in [-0.2, -0.15) is 0 Å². The van der Waals surface area contributed by atoms with Crippen LogP contribution in [-0.2, 0) is 0 Å². The Hall–Kier alpha value is -0.950. The van der Waals surface area contributed by atoms with E-state index in [1.54, 1.807) is 0 Å². The second kappa shape index (κ2) is 4.92. The van der Waals surface area contributed by atoms with Gasteiger partial charge in [-0.05, 0) is 31.4 Å². The average Bonchev–Trinajstić information content (AvgIpc) is 2.31. The molecular formula is C14H18ClN. The lowest BCUT2D eigenvalue weighted by atomic mass is 10.0. The molecule has 0 fully saturated rings. The van der Waals surface area contributed by atoms with Crippen LogP contribution in [0.3, 0.4) is 0 Å². The highest BCUT2D eigenvalue weighted by Crippen LogP contribution is 2.26. The summed E-state index contributed by atoms with van der Waals surface area (Å²) in [7, 11) is 0. The van der Waals surface area contributed by atoms with Crippen molar-refractivity contribution >= 4 is 11.6 Å². The lowest BCUT2D eigenvalue weighted by molar-refractivity contribution is 0.470. The summed E-state index contributed by atoms with van der Waals surface area (Å²) in [6.07, 6.45) is 12.9. The Morgan fingerprint density at radius 2 is 2.25 bits per heavy atom. The third-order valence-electron chi connectivity index (χ3n) is 3.20. The Kier molecular flexibility index (Phi) is 3.55. The van der Waals surface area contributed by atoms with Gasteiger partial charge in [-0.25, -0.2) is 0 Å². The van der Waals surface area contributed by atoms with Crippen molar-refractivity contribution in [3.63, 3.8) is 0 Å². The molecule has 0 radical (unpaired) electrons. The van der Waals surface area contributed by atoms with Crippen LogP contribution in [0.15, 0.2) is 47.3 Å². The second-order valence-corrected chi connectivity index (χ2v) is 4.78. The highest BCUT2D eigenvalue weighted by Gasteiger charge is 2.16. The summed E-state index contributed by atoms with van der Waals surface area (Å²) in [5.74, 6) is 0. The van der Waals surface area contributed by atoms with Crippen molar-refractivity contribution in [2.75, 3.05) is 6.54 Å². The summed E-state index contributed by atoms with van der Waals surface area (Å²) in [4.78, 5) is 2.36. The van der Waals surface area contributed by atoms with Gasteiger partial charge in [0.15, 0.2) is 0 Å². The molecule has 1 atom stereocenters. The van der Waals surface area contributed by atoms with Gasteiger partial charge in [0.1, 0.15) is 0 Å². The van der Waals surface area contributed by atoms with E-state index in [2.05, 4.69) is 49.1 Å². The van der Waals surface area contributed by atoms with Crippen molar-refractivity contribution in [1.82, 2.24) is 4.90 Å². The van der Waals surface area contributed by atoms with Gasteiger partial charge >= 0.3 is 0 Å². The molecule has 1 aliphatic heterocycles. The van der Waals surface area contributed by atoms with E-state index in [0.717, 1.165) is 19.4 Å². The number of hydrogen-bond acceptors (Lipinski definition) is 1.